The average molecular weight is 263 g/mol. The number of hydrogen-bond donors (Lipinski definition) is 1. The molecular weight excluding hydrogens is 246 g/mol. The van der Waals surface area contributed by atoms with Crippen LogP contribution < -0.4 is 5.73 Å². The van der Waals surface area contributed by atoms with E-state index in [0.29, 0.717) is 12.5 Å². The Morgan fingerprint density at radius 1 is 1.17 bits per heavy atom. The van der Waals surface area contributed by atoms with Gasteiger partial charge in [0.1, 0.15) is 5.82 Å². The van der Waals surface area contributed by atoms with Crippen LogP contribution in [0.25, 0.3) is 0 Å². The standard InChI is InChI=1S/C13H17F4N/c1-2-3-4-5-12(18)9-6-10(13(15,16)17)8-11(14)7-9/h6-8,12H,2-5,18H2,1H3/t12-/m0/s1. The van der Waals surface area contributed by atoms with Gasteiger partial charge in [-0.1, -0.05) is 26.2 Å². The molecule has 0 unspecified atom stereocenters. The third-order valence-electron chi connectivity index (χ3n) is 2.79. The maximum Gasteiger partial charge on any atom is 0.416 e. The Labute approximate surface area is 104 Å². The SMILES string of the molecule is CCCCC[C@H](N)c1cc(F)cc(C(F)(F)F)c1. The van der Waals surface area contributed by atoms with Crippen molar-refractivity contribution in [3.8, 4) is 0 Å². The summed E-state index contributed by atoms with van der Waals surface area (Å²) in [6.45, 7) is 2.02. The molecule has 1 rings (SSSR count). The summed E-state index contributed by atoms with van der Waals surface area (Å²) < 4.78 is 50.7. The molecule has 0 amide bonds. The van der Waals surface area contributed by atoms with Gasteiger partial charge < -0.3 is 5.73 Å². The quantitative estimate of drug-likeness (QED) is 0.617. The molecule has 2 N–H and O–H groups in total. The second-order valence-electron chi connectivity index (χ2n) is 4.37. The van der Waals surface area contributed by atoms with E-state index in [1.165, 1.54) is 0 Å². The van der Waals surface area contributed by atoms with E-state index in [9.17, 15) is 17.6 Å². The van der Waals surface area contributed by atoms with Gasteiger partial charge >= 0.3 is 6.18 Å². The van der Waals surface area contributed by atoms with Crippen molar-refractivity contribution in [2.24, 2.45) is 5.73 Å². The second-order valence-corrected chi connectivity index (χ2v) is 4.37. The van der Waals surface area contributed by atoms with Crippen molar-refractivity contribution in [2.75, 3.05) is 0 Å². The Kier molecular flexibility index (Phi) is 5.14. The van der Waals surface area contributed by atoms with Crippen LogP contribution in [0.2, 0.25) is 0 Å². The molecule has 102 valence electrons. The van der Waals surface area contributed by atoms with Crippen LogP contribution in [-0.4, -0.2) is 0 Å². The topological polar surface area (TPSA) is 26.0 Å². The van der Waals surface area contributed by atoms with E-state index in [0.717, 1.165) is 31.4 Å². The van der Waals surface area contributed by atoms with Crippen LogP contribution in [-0.2, 0) is 6.18 Å². The normalized spacial score (nSPS) is 13.7. The highest BCUT2D eigenvalue weighted by Crippen LogP contribution is 2.32. The lowest BCUT2D eigenvalue weighted by Gasteiger charge is -2.14. The highest BCUT2D eigenvalue weighted by atomic mass is 19.4. The summed E-state index contributed by atoms with van der Waals surface area (Å²) in [7, 11) is 0. The van der Waals surface area contributed by atoms with Crippen LogP contribution in [0.1, 0.15) is 49.8 Å². The molecule has 1 aromatic carbocycles. The molecule has 18 heavy (non-hydrogen) atoms. The van der Waals surface area contributed by atoms with Crippen molar-refractivity contribution >= 4 is 0 Å². The fourth-order valence-electron chi connectivity index (χ4n) is 1.77. The Balaban J connectivity index is 2.85. The number of rotatable bonds is 5. The zero-order chi connectivity index (χ0) is 13.8. The van der Waals surface area contributed by atoms with E-state index in [1.54, 1.807) is 0 Å². The predicted molar refractivity (Wildman–Crippen MR) is 62.5 cm³/mol. The molecule has 0 fully saturated rings. The smallest absolute Gasteiger partial charge is 0.324 e. The zero-order valence-electron chi connectivity index (χ0n) is 10.2. The first-order valence-corrected chi connectivity index (χ1v) is 5.98. The number of nitrogens with two attached hydrogens (primary N) is 1. The second kappa shape index (κ2) is 6.18. The molecule has 0 heterocycles. The van der Waals surface area contributed by atoms with Crippen LogP contribution in [0.15, 0.2) is 18.2 Å². The van der Waals surface area contributed by atoms with Gasteiger partial charge in [0.25, 0.3) is 0 Å². The van der Waals surface area contributed by atoms with Crippen LogP contribution in [0.4, 0.5) is 17.6 Å². The van der Waals surface area contributed by atoms with Gasteiger partial charge in [0, 0.05) is 6.04 Å². The first kappa shape index (κ1) is 15.0. The monoisotopic (exact) mass is 263 g/mol. The van der Waals surface area contributed by atoms with Gasteiger partial charge in [-0.05, 0) is 30.2 Å². The molecule has 5 heteroatoms. The third-order valence-corrected chi connectivity index (χ3v) is 2.79. The Hall–Kier alpha value is -1.10. The minimum atomic E-state index is -4.54. The summed E-state index contributed by atoms with van der Waals surface area (Å²) in [4.78, 5) is 0. The molecule has 0 saturated heterocycles. The van der Waals surface area contributed by atoms with E-state index in [1.807, 2.05) is 6.92 Å². The Morgan fingerprint density at radius 3 is 2.39 bits per heavy atom. The summed E-state index contributed by atoms with van der Waals surface area (Å²) in [5.74, 6) is -0.897. The number of alkyl halides is 3. The van der Waals surface area contributed by atoms with Gasteiger partial charge in [0.05, 0.1) is 5.56 Å². The van der Waals surface area contributed by atoms with E-state index >= 15 is 0 Å². The minimum absolute atomic E-state index is 0.207. The van der Waals surface area contributed by atoms with Crippen LogP contribution >= 0.6 is 0 Å². The average Bonchev–Trinajstić information content (AvgIpc) is 2.27. The molecule has 0 saturated carbocycles. The van der Waals surface area contributed by atoms with E-state index in [4.69, 9.17) is 5.73 Å². The van der Waals surface area contributed by atoms with Gasteiger partial charge in [-0.2, -0.15) is 13.2 Å². The van der Waals surface area contributed by atoms with E-state index < -0.39 is 23.6 Å². The lowest BCUT2D eigenvalue weighted by molar-refractivity contribution is -0.137. The molecule has 0 bridgehead atoms. The van der Waals surface area contributed by atoms with Crippen molar-refractivity contribution in [1.82, 2.24) is 0 Å². The Bertz CT molecular complexity index is 387. The number of unbranched alkanes of at least 4 members (excludes halogenated alkanes) is 2. The van der Waals surface area contributed by atoms with Gasteiger partial charge in [0.15, 0.2) is 0 Å². The fourth-order valence-corrected chi connectivity index (χ4v) is 1.77. The molecule has 0 spiro atoms. The molecule has 0 aliphatic heterocycles. The van der Waals surface area contributed by atoms with Crippen molar-refractivity contribution in [3.05, 3.63) is 35.1 Å². The van der Waals surface area contributed by atoms with Crippen LogP contribution in [0.3, 0.4) is 0 Å². The van der Waals surface area contributed by atoms with Gasteiger partial charge in [0.2, 0.25) is 0 Å². The highest BCUT2D eigenvalue weighted by Gasteiger charge is 2.31. The van der Waals surface area contributed by atoms with Crippen LogP contribution in [0, 0.1) is 5.82 Å². The van der Waals surface area contributed by atoms with Gasteiger partial charge in [-0.3, -0.25) is 0 Å². The summed E-state index contributed by atoms with van der Waals surface area (Å²) in [5.41, 5.74) is 5.01. The van der Waals surface area contributed by atoms with Gasteiger partial charge in [-0.15, -0.1) is 0 Å². The largest absolute Gasteiger partial charge is 0.416 e. The number of hydrogen-bond acceptors (Lipinski definition) is 1. The first-order valence-electron chi connectivity index (χ1n) is 5.98. The van der Waals surface area contributed by atoms with Crippen molar-refractivity contribution in [1.29, 1.82) is 0 Å². The summed E-state index contributed by atoms with van der Waals surface area (Å²) >= 11 is 0. The molecule has 1 nitrogen and oxygen atoms in total. The zero-order valence-corrected chi connectivity index (χ0v) is 10.2. The van der Waals surface area contributed by atoms with Crippen molar-refractivity contribution < 1.29 is 17.6 Å². The summed E-state index contributed by atoms with van der Waals surface area (Å²) in [6.07, 6.45) is -1.18. The van der Waals surface area contributed by atoms with Gasteiger partial charge in [-0.25, -0.2) is 4.39 Å². The predicted octanol–water partition coefficient (Wildman–Crippen LogP) is 4.42. The highest BCUT2D eigenvalue weighted by molar-refractivity contribution is 5.28. The lowest BCUT2D eigenvalue weighted by atomic mass is 9.99. The van der Waals surface area contributed by atoms with E-state index in [-0.39, 0.29) is 5.56 Å². The molecule has 0 aromatic heterocycles. The third kappa shape index (κ3) is 4.29. The first-order chi connectivity index (χ1) is 8.34. The fraction of sp³-hybridized carbons (Fsp3) is 0.538. The number of halogens is 4. The molecule has 0 aliphatic carbocycles. The maximum atomic E-state index is 13.2. The molecular formula is C13H17F4N. The maximum absolute atomic E-state index is 13.2. The lowest BCUT2D eigenvalue weighted by Crippen LogP contribution is -2.13. The molecule has 1 atom stereocenters. The minimum Gasteiger partial charge on any atom is -0.324 e. The Morgan fingerprint density at radius 2 is 1.83 bits per heavy atom. The van der Waals surface area contributed by atoms with Crippen LogP contribution in [0.5, 0.6) is 0 Å². The molecule has 1 aromatic rings. The number of benzene rings is 1. The summed E-state index contributed by atoms with van der Waals surface area (Å²) in [5, 5.41) is 0. The van der Waals surface area contributed by atoms with Crippen molar-refractivity contribution in [3.63, 3.8) is 0 Å². The van der Waals surface area contributed by atoms with Crippen molar-refractivity contribution in [2.45, 2.75) is 44.8 Å². The van der Waals surface area contributed by atoms with E-state index in [2.05, 4.69) is 0 Å². The summed E-state index contributed by atoms with van der Waals surface area (Å²) in [6, 6.07) is 1.95. The molecule has 0 radical (unpaired) electrons. The molecule has 0 aliphatic rings.